The zero-order valence-corrected chi connectivity index (χ0v) is 13.8. The molecule has 23 heavy (non-hydrogen) atoms. The molecule has 0 saturated carbocycles. The first-order valence-electron chi connectivity index (χ1n) is 7.92. The van der Waals surface area contributed by atoms with E-state index >= 15 is 0 Å². The lowest BCUT2D eigenvalue weighted by atomic mass is 9.82. The molecule has 0 aliphatic heterocycles. The van der Waals surface area contributed by atoms with Gasteiger partial charge < -0.3 is 0 Å². The van der Waals surface area contributed by atoms with Crippen LogP contribution < -0.4 is 0 Å². The van der Waals surface area contributed by atoms with Crippen LogP contribution in [0.15, 0.2) is 72.8 Å². The second-order valence-electron chi connectivity index (χ2n) is 6.86. The van der Waals surface area contributed by atoms with Crippen LogP contribution in [0.5, 0.6) is 0 Å². The summed E-state index contributed by atoms with van der Waals surface area (Å²) < 4.78 is 14.7. The number of benzene rings is 3. The summed E-state index contributed by atoms with van der Waals surface area (Å²) in [5.74, 6) is -0.143. The molecular weight excluding hydrogens is 283 g/mol. The molecule has 0 radical (unpaired) electrons. The molecule has 0 heterocycles. The lowest BCUT2D eigenvalue weighted by Gasteiger charge is -2.23. The first kappa shape index (κ1) is 15.5. The molecule has 0 unspecified atom stereocenters. The summed E-state index contributed by atoms with van der Waals surface area (Å²) in [6, 6.07) is 23.9. The molecule has 0 nitrogen and oxygen atoms in total. The van der Waals surface area contributed by atoms with Crippen molar-refractivity contribution >= 4 is 0 Å². The van der Waals surface area contributed by atoms with E-state index < -0.39 is 0 Å². The van der Waals surface area contributed by atoms with Crippen molar-refractivity contribution in [1.29, 1.82) is 0 Å². The number of halogens is 1. The maximum atomic E-state index is 14.7. The van der Waals surface area contributed by atoms with Crippen LogP contribution >= 0.6 is 0 Å². The standard InChI is InChI=1S/C22H21F/c1-22(2,3)20-14-18(16-10-6-4-7-11-16)19(15-21(20)23)17-12-8-5-9-13-17/h4-15H,1-3H3. The van der Waals surface area contributed by atoms with Crippen LogP contribution in [0, 0.1) is 5.82 Å². The van der Waals surface area contributed by atoms with Gasteiger partial charge in [0.05, 0.1) is 0 Å². The van der Waals surface area contributed by atoms with Crippen molar-refractivity contribution in [3.05, 3.63) is 84.2 Å². The van der Waals surface area contributed by atoms with Gasteiger partial charge in [-0.25, -0.2) is 4.39 Å². The summed E-state index contributed by atoms with van der Waals surface area (Å²) in [5.41, 5.74) is 4.66. The molecule has 0 atom stereocenters. The van der Waals surface area contributed by atoms with E-state index in [4.69, 9.17) is 0 Å². The number of hydrogen-bond donors (Lipinski definition) is 0. The van der Waals surface area contributed by atoms with Gasteiger partial charge in [-0.15, -0.1) is 0 Å². The molecule has 3 aromatic carbocycles. The van der Waals surface area contributed by atoms with Crippen LogP contribution in [-0.2, 0) is 5.41 Å². The van der Waals surface area contributed by atoms with Crippen molar-refractivity contribution < 1.29 is 4.39 Å². The van der Waals surface area contributed by atoms with Gasteiger partial charge in [0, 0.05) is 0 Å². The highest BCUT2D eigenvalue weighted by Gasteiger charge is 2.21. The van der Waals surface area contributed by atoms with Gasteiger partial charge in [0.15, 0.2) is 0 Å². The SMILES string of the molecule is CC(C)(C)c1cc(-c2ccccc2)c(-c2ccccc2)cc1F. The Morgan fingerprint density at radius 2 is 1.09 bits per heavy atom. The molecule has 0 amide bonds. The lowest BCUT2D eigenvalue weighted by Crippen LogP contribution is -2.14. The Kier molecular flexibility index (Phi) is 4.04. The van der Waals surface area contributed by atoms with Gasteiger partial charge in [-0.05, 0) is 45.4 Å². The second kappa shape index (κ2) is 6.00. The van der Waals surface area contributed by atoms with Crippen molar-refractivity contribution in [2.24, 2.45) is 0 Å². The molecule has 0 N–H and O–H groups in total. The van der Waals surface area contributed by atoms with Crippen LogP contribution in [0.25, 0.3) is 22.3 Å². The Morgan fingerprint density at radius 3 is 1.52 bits per heavy atom. The Hall–Kier alpha value is -2.41. The highest BCUT2D eigenvalue weighted by molar-refractivity contribution is 5.84. The molecule has 0 fully saturated rings. The maximum absolute atomic E-state index is 14.7. The Labute approximate surface area is 137 Å². The van der Waals surface area contributed by atoms with E-state index in [0.717, 1.165) is 27.8 Å². The second-order valence-corrected chi connectivity index (χ2v) is 6.86. The van der Waals surface area contributed by atoms with Crippen molar-refractivity contribution in [3.8, 4) is 22.3 Å². The predicted octanol–water partition coefficient (Wildman–Crippen LogP) is 6.46. The minimum atomic E-state index is -0.233. The zero-order chi connectivity index (χ0) is 16.4. The van der Waals surface area contributed by atoms with Gasteiger partial charge in [-0.2, -0.15) is 0 Å². The van der Waals surface area contributed by atoms with E-state index in [0.29, 0.717) is 0 Å². The van der Waals surface area contributed by atoms with Crippen LogP contribution in [0.4, 0.5) is 4.39 Å². The monoisotopic (exact) mass is 304 g/mol. The quantitative estimate of drug-likeness (QED) is 0.510. The van der Waals surface area contributed by atoms with Crippen molar-refractivity contribution in [3.63, 3.8) is 0 Å². The minimum Gasteiger partial charge on any atom is -0.207 e. The topological polar surface area (TPSA) is 0 Å². The van der Waals surface area contributed by atoms with Crippen molar-refractivity contribution in [2.45, 2.75) is 26.2 Å². The molecule has 0 spiro atoms. The van der Waals surface area contributed by atoms with Gasteiger partial charge in [-0.3, -0.25) is 0 Å². The third-order valence-corrected chi connectivity index (χ3v) is 4.08. The van der Waals surface area contributed by atoms with E-state index in [2.05, 4.69) is 12.1 Å². The average Bonchev–Trinajstić information content (AvgIpc) is 2.55. The van der Waals surface area contributed by atoms with Gasteiger partial charge in [-0.1, -0.05) is 81.4 Å². The predicted molar refractivity (Wildman–Crippen MR) is 96.0 cm³/mol. The summed E-state index contributed by atoms with van der Waals surface area (Å²) in [4.78, 5) is 0. The van der Waals surface area contributed by atoms with E-state index in [1.807, 2.05) is 75.4 Å². The summed E-state index contributed by atoms with van der Waals surface area (Å²) in [6.45, 7) is 6.13. The highest BCUT2D eigenvalue weighted by atomic mass is 19.1. The molecule has 3 rings (SSSR count). The summed E-state index contributed by atoms with van der Waals surface area (Å²) >= 11 is 0. The van der Waals surface area contributed by atoms with Gasteiger partial charge >= 0.3 is 0 Å². The summed E-state index contributed by atoms with van der Waals surface area (Å²) in [5, 5.41) is 0. The normalized spacial score (nSPS) is 11.5. The molecule has 0 bridgehead atoms. The smallest absolute Gasteiger partial charge is 0.127 e. The van der Waals surface area contributed by atoms with E-state index in [1.54, 1.807) is 6.07 Å². The molecule has 0 aliphatic carbocycles. The maximum Gasteiger partial charge on any atom is 0.127 e. The third-order valence-electron chi connectivity index (χ3n) is 4.08. The van der Waals surface area contributed by atoms with Crippen molar-refractivity contribution in [2.75, 3.05) is 0 Å². The molecule has 0 aromatic heterocycles. The molecular formula is C22H21F. The zero-order valence-electron chi connectivity index (χ0n) is 13.8. The molecule has 3 aromatic rings. The van der Waals surface area contributed by atoms with Crippen LogP contribution in [0.3, 0.4) is 0 Å². The highest BCUT2D eigenvalue weighted by Crippen LogP contribution is 2.37. The number of hydrogen-bond acceptors (Lipinski definition) is 0. The van der Waals surface area contributed by atoms with Gasteiger partial charge in [0.1, 0.15) is 5.82 Å². The fourth-order valence-corrected chi connectivity index (χ4v) is 2.86. The van der Waals surface area contributed by atoms with Crippen LogP contribution in [0.1, 0.15) is 26.3 Å². The van der Waals surface area contributed by atoms with Crippen molar-refractivity contribution in [1.82, 2.24) is 0 Å². The average molecular weight is 304 g/mol. The largest absolute Gasteiger partial charge is 0.207 e. The summed E-state index contributed by atoms with van der Waals surface area (Å²) in [7, 11) is 0. The molecule has 0 aliphatic rings. The Balaban J connectivity index is 2.29. The summed E-state index contributed by atoms with van der Waals surface area (Å²) in [6.07, 6.45) is 0. The number of rotatable bonds is 2. The molecule has 0 saturated heterocycles. The minimum absolute atomic E-state index is 0.143. The van der Waals surface area contributed by atoms with E-state index in [9.17, 15) is 4.39 Å². The Bertz CT molecular complexity index is 797. The van der Waals surface area contributed by atoms with Gasteiger partial charge in [0.25, 0.3) is 0 Å². The van der Waals surface area contributed by atoms with Crippen LogP contribution in [0.2, 0.25) is 0 Å². The first-order valence-corrected chi connectivity index (χ1v) is 7.92. The lowest BCUT2D eigenvalue weighted by molar-refractivity contribution is 0.523. The Morgan fingerprint density at radius 1 is 0.652 bits per heavy atom. The van der Waals surface area contributed by atoms with Crippen LogP contribution in [-0.4, -0.2) is 0 Å². The van der Waals surface area contributed by atoms with Gasteiger partial charge in [0.2, 0.25) is 0 Å². The fraction of sp³-hybridized carbons (Fsp3) is 0.182. The van der Waals surface area contributed by atoms with E-state index in [1.165, 1.54) is 0 Å². The molecule has 1 heteroatoms. The molecule has 116 valence electrons. The third kappa shape index (κ3) is 3.19. The first-order chi connectivity index (χ1) is 11.0. The van der Waals surface area contributed by atoms with E-state index in [-0.39, 0.29) is 11.2 Å². The fourth-order valence-electron chi connectivity index (χ4n) is 2.86.